The number of nitriles is 1. The van der Waals surface area contributed by atoms with Crippen LogP contribution in [0.2, 0.25) is 5.02 Å². The molecule has 0 radical (unpaired) electrons. The number of halogens is 3. The molecule has 162 valence electrons. The maximum absolute atomic E-state index is 12.5. The van der Waals surface area contributed by atoms with Gasteiger partial charge >= 0.3 is 10.1 Å². The Morgan fingerprint density at radius 1 is 1.03 bits per heavy atom. The van der Waals surface area contributed by atoms with Gasteiger partial charge in [-0.2, -0.15) is 13.7 Å². The van der Waals surface area contributed by atoms with Gasteiger partial charge in [-0.15, -0.1) is 0 Å². The minimum Gasteiger partial charge on any atom is -0.377 e. The number of benzene rings is 3. The van der Waals surface area contributed by atoms with Gasteiger partial charge in [0.15, 0.2) is 5.75 Å². The second kappa shape index (κ2) is 10.3. The molecule has 10 heteroatoms. The molecule has 0 saturated heterocycles. The van der Waals surface area contributed by atoms with Crippen molar-refractivity contribution in [2.45, 2.75) is 4.90 Å². The van der Waals surface area contributed by atoms with Crippen LogP contribution in [0.15, 0.2) is 86.1 Å². The van der Waals surface area contributed by atoms with E-state index in [2.05, 4.69) is 37.2 Å². The summed E-state index contributed by atoms with van der Waals surface area (Å²) in [6, 6.07) is 19.2. The largest absolute Gasteiger partial charge is 0.377 e. The van der Waals surface area contributed by atoms with Crippen LogP contribution in [0.4, 0.5) is 5.69 Å². The van der Waals surface area contributed by atoms with Crippen molar-refractivity contribution in [3.8, 4) is 11.8 Å². The van der Waals surface area contributed by atoms with Gasteiger partial charge < -0.3 is 9.50 Å². The first-order valence-electron chi connectivity index (χ1n) is 8.87. The summed E-state index contributed by atoms with van der Waals surface area (Å²) >= 11 is 12.5. The fourth-order valence-electron chi connectivity index (χ4n) is 2.57. The van der Waals surface area contributed by atoms with E-state index in [9.17, 15) is 18.5 Å². The molecule has 3 aromatic carbocycles. The van der Waals surface area contributed by atoms with Gasteiger partial charge in [-0.1, -0.05) is 35.9 Å². The average Bonchev–Trinajstić information content (AvgIpc) is 2.75. The highest BCUT2D eigenvalue weighted by Crippen LogP contribution is 2.37. The van der Waals surface area contributed by atoms with E-state index < -0.39 is 16.0 Å². The van der Waals surface area contributed by atoms with E-state index in [4.69, 9.17) is 15.8 Å². The Bertz CT molecular complexity index is 1330. The Morgan fingerprint density at radius 3 is 2.28 bits per heavy atom. The lowest BCUT2D eigenvalue weighted by Crippen LogP contribution is -2.13. The third kappa shape index (κ3) is 5.99. The molecule has 0 unspecified atom stereocenters. The molecule has 6 nitrogen and oxygen atoms in total. The highest BCUT2D eigenvalue weighted by molar-refractivity contribution is 9.11. The van der Waals surface area contributed by atoms with Crippen molar-refractivity contribution in [3.63, 3.8) is 0 Å². The van der Waals surface area contributed by atoms with E-state index in [0.29, 0.717) is 25.2 Å². The number of carbonyl (C=O) groups is 1. The number of rotatable bonds is 6. The molecule has 0 saturated carbocycles. The van der Waals surface area contributed by atoms with E-state index in [1.165, 1.54) is 30.3 Å². The lowest BCUT2D eigenvalue weighted by molar-refractivity contribution is -0.112. The highest BCUT2D eigenvalue weighted by atomic mass is 79.9. The van der Waals surface area contributed by atoms with Gasteiger partial charge in [0.05, 0.1) is 8.95 Å². The molecular formula is C22H13Br2ClN2O4S. The molecule has 0 aromatic heterocycles. The molecule has 0 spiro atoms. The van der Waals surface area contributed by atoms with Crippen molar-refractivity contribution in [2.75, 3.05) is 5.32 Å². The fourth-order valence-corrected chi connectivity index (χ4v) is 5.34. The lowest BCUT2D eigenvalue weighted by Gasteiger charge is -2.11. The van der Waals surface area contributed by atoms with Crippen LogP contribution in [0.1, 0.15) is 5.56 Å². The lowest BCUT2D eigenvalue weighted by atomic mass is 10.1. The summed E-state index contributed by atoms with van der Waals surface area (Å²) < 4.78 is 30.9. The first-order valence-corrected chi connectivity index (χ1v) is 12.2. The van der Waals surface area contributed by atoms with Crippen LogP contribution in [0.25, 0.3) is 6.08 Å². The SMILES string of the molecule is N#C/C(=C\c1cc(Br)c(OS(=O)(=O)c2ccccc2)c(Br)c1)C(=O)Nc1cccc(Cl)c1. The summed E-state index contributed by atoms with van der Waals surface area (Å²) in [5, 5.41) is 12.5. The Kier molecular flexibility index (Phi) is 7.74. The van der Waals surface area contributed by atoms with E-state index in [1.807, 2.05) is 6.07 Å². The first-order chi connectivity index (χ1) is 15.2. The van der Waals surface area contributed by atoms with Crippen LogP contribution >= 0.6 is 43.5 Å². The van der Waals surface area contributed by atoms with Crippen molar-refractivity contribution in [1.82, 2.24) is 0 Å². The third-order valence-electron chi connectivity index (χ3n) is 4.00. The molecule has 0 aliphatic rings. The Morgan fingerprint density at radius 2 is 1.69 bits per heavy atom. The van der Waals surface area contributed by atoms with E-state index in [1.54, 1.807) is 42.5 Å². The summed E-state index contributed by atoms with van der Waals surface area (Å²) in [6.45, 7) is 0. The summed E-state index contributed by atoms with van der Waals surface area (Å²) in [7, 11) is -4.05. The minimum atomic E-state index is -4.05. The van der Waals surface area contributed by atoms with Crippen molar-refractivity contribution >= 4 is 71.2 Å². The van der Waals surface area contributed by atoms with Gasteiger partial charge in [0, 0.05) is 10.7 Å². The van der Waals surface area contributed by atoms with Crippen molar-refractivity contribution < 1.29 is 17.4 Å². The maximum atomic E-state index is 12.5. The van der Waals surface area contributed by atoms with Gasteiger partial charge in [-0.25, -0.2) is 0 Å². The summed E-state index contributed by atoms with van der Waals surface area (Å²) in [6.07, 6.45) is 1.37. The number of hydrogen-bond acceptors (Lipinski definition) is 5. The number of hydrogen-bond donors (Lipinski definition) is 1. The van der Waals surface area contributed by atoms with Gasteiger partial charge in [-0.3, -0.25) is 4.79 Å². The second-order valence-electron chi connectivity index (χ2n) is 6.30. The predicted molar refractivity (Wildman–Crippen MR) is 130 cm³/mol. The molecule has 0 aliphatic heterocycles. The second-order valence-corrected chi connectivity index (χ2v) is 9.99. The fraction of sp³-hybridized carbons (Fsp3) is 0. The van der Waals surface area contributed by atoms with E-state index >= 15 is 0 Å². The number of nitrogens with zero attached hydrogens (tertiary/aromatic N) is 1. The topological polar surface area (TPSA) is 96.3 Å². The summed E-state index contributed by atoms with van der Waals surface area (Å²) in [5.41, 5.74) is 0.751. The van der Waals surface area contributed by atoms with Gasteiger partial charge in [0.1, 0.15) is 16.5 Å². The third-order valence-corrected chi connectivity index (χ3v) is 6.65. The van der Waals surface area contributed by atoms with Crippen LogP contribution in [-0.4, -0.2) is 14.3 Å². The van der Waals surface area contributed by atoms with Crippen LogP contribution < -0.4 is 9.50 Å². The molecule has 1 N–H and O–H groups in total. The summed E-state index contributed by atoms with van der Waals surface area (Å²) in [4.78, 5) is 12.5. The number of nitrogens with one attached hydrogen (secondary N) is 1. The van der Waals surface area contributed by atoms with Crippen molar-refractivity contribution in [1.29, 1.82) is 5.26 Å². The van der Waals surface area contributed by atoms with E-state index in [0.717, 1.165) is 0 Å². The molecule has 0 heterocycles. The highest BCUT2D eigenvalue weighted by Gasteiger charge is 2.20. The molecular weight excluding hydrogens is 584 g/mol. The monoisotopic (exact) mass is 594 g/mol. The minimum absolute atomic E-state index is 0.00669. The molecule has 0 atom stereocenters. The van der Waals surface area contributed by atoms with Gasteiger partial charge in [0.25, 0.3) is 5.91 Å². The molecule has 1 amide bonds. The standard InChI is InChI=1S/C22H13Br2ClN2O4S/c23-19-10-14(9-15(13-26)22(28)27-17-6-4-5-16(25)12-17)11-20(24)21(19)31-32(29,30)18-7-2-1-3-8-18/h1-12H,(H,27,28)/b15-9+. The number of carbonyl (C=O) groups excluding carboxylic acids is 1. The smallest absolute Gasteiger partial charge is 0.339 e. The normalized spacial score (nSPS) is 11.5. The Balaban J connectivity index is 1.87. The average molecular weight is 597 g/mol. The molecule has 0 fully saturated rings. The molecule has 3 rings (SSSR count). The first kappa shape index (κ1) is 24.0. The van der Waals surface area contributed by atoms with Gasteiger partial charge in [-0.05, 0) is 86.0 Å². The quantitative estimate of drug-likeness (QED) is 0.208. The van der Waals surface area contributed by atoms with Crippen LogP contribution in [0.3, 0.4) is 0 Å². The zero-order valence-electron chi connectivity index (χ0n) is 16.1. The van der Waals surface area contributed by atoms with Crippen LogP contribution in [-0.2, 0) is 14.9 Å². The van der Waals surface area contributed by atoms with Crippen molar-refractivity contribution in [3.05, 3.63) is 91.8 Å². The van der Waals surface area contributed by atoms with Crippen LogP contribution in [0.5, 0.6) is 5.75 Å². The predicted octanol–water partition coefficient (Wildman–Crippen LogP) is 6.18. The molecule has 0 bridgehead atoms. The van der Waals surface area contributed by atoms with Gasteiger partial charge in [0.2, 0.25) is 0 Å². The number of anilines is 1. The van der Waals surface area contributed by atoms with E-state index in [-0.39, 0.29) is 16.2 Å². The zero-order valence-corrected chi connectivity index (χ0v) is 20.8. The summed E-state index contributed by atoms with van der Waals surface area (Å²) in [5.74, 6) is -0.582. The molecule has 0 aliphatic carbocycles. The maximum Gasteiger partial charge on any atom is 0.339 e. The Labute approximate surface area is 206 Å². The van der Waals surface area contributed by atoms with Crippen LogP contribution in [0, 0.1) is 11.3 Å². The molecule has 3 aromatic rings. The molecule has 32 heavy (non-hydrogen) atoms. The zero-order chi connectivity index (χ0) is 23.3. The number of amides is 1. The Hall–Kier alpha value is -2.64. The van der Waals surface area contributed by atoms with Crippen molar-refractivity contribution in [2.24, 2.45) is 0 Å².